The van der Waals surface area contributed by atoms with Gasteiger partial charge in [-0.15, -0.1) is 0 Å². The molecule has 0 amide bonds. The van der Waals surface area contributed by atoms with Gasteiger partial charge >= 0.3 is 0 Å². The van der Waals surface area contributed by atoms with Gasteiger partial charge in [0, 0.05) is 38.4 Å². The summed E-state index contributed by atoms with van der Waals surface area (Å²) < 4.78 is 13.5. The highest BCUT2D eigenvalue weighted by Gasteiger charge is 2.14. The summed E-state index contributed by atoms with van der Waals surface area (Å²) >= 11 is 0. The number of rotatable bonds is 9. The molecular formula is C21H27FN4. The van der Waals surface area contributed by atoms with E-state index in [0.29, 0.717) is 6.42 Å². The molecule has 1 atom stereocenters. The van der Waals surface area contributed by atoms with E-state index >= 15 is 0 Å². The first-order valence-corrected chi connectivity index (χ1v) is 8.81. The largest absolute Gasteiger partial charge is 0.374 e. The van der Waals surface area contributed by atoms with Crippen LogP contribution in [0.15, 0.2) is 48.5 Å². The van der Waals surface area contributed by atoms with Gasteiger partial charge in [-0.1, -0.05) is 24.3 Å². The second-order valence-electron chi connectivity index (χ2n) is 6.66. The fourth-order valence-electron chi connectivity index (χ4n) is 2.88. The van der Waals surface area contributed by atoms with E-state index in [4.69, 9.17) is 5.26 Å². The molecule has 138 valence electrons. The predicted octanol–water partition coefficient (Wildman–Crippen LogP) is 3.57. The Morgan fingerprint density at radius 3 is 2.46 bits per heavy atom. The van der Waals surface area contributed by atoms with E-state index in [9.17, 15) is 4.39 Å². The Hall–Kier alpha value is -2.42. The molecule has 4 nitrogen and oxygen atoms in total. The van der Waals surface area contributed by atoms with Gasteiger partial charge in [0.1, 0.15) is 5.82 Å². The van der Waals surface area contributed by atoms with Gasteiger partial charge in [0.25, 0.3) is 0 Å². The first kappa shape index (κ1) is 19.9. The summed E-state index contributed by atoms with van der Waals surface area (Å²) in [7, 11) is 6.00. The van der Waals surface area contributed by atoms with Crippen LogP contribution >= 0.6 is 0 Å². The minimum absolute atomic E-state index is 0.113. The normalized spacial score (nSPS) is 12.0. The quantitative estimate of drug-likeness (QED) is 0.748. The van der Waals surface area contributed by atoms with E-state index in [2.05, 4.69) is 45.5 Å². The number of likely N-dealkylation sites (N-methyl/N-ethyl adjacent to an activating group) is 1. The summed E-state index contributed by atoms with van der Waals surface area (Å²) in [5, 5.41) is 12.1. The van der Waals surface area contributed by atoms with Crippen LogP contribution in [-0.2, 0) is 6.54 Å². The van der Waals surface area contributed by atoms with Gasteiger partial charge in [0.2, 0.25) is 0 Å². The molecule has 0 unspecified atom stereocenters. The Kier molecular flexibility index (Phi) is 7.58. The molecule has 1 N–H and O–H groups in total. The molecule has 0 aromatic heterocycles. The monoisotopic (exact) mass is 354 g/mol. The fourth-order valence-corrected chi connectivity index (χ4v) is 2.88. The predicted molar refractivity (Wildman–Crippen MR) is 104 cm³/mol. The van der Waals surface area contributed by atoms with Crippen LogP contribution in [0.4, 0.5) is 10.1 Å². The molecule has 0 radical (unpaired) electrons. The minimum atomic E-state index is -0.203. The summed E-state index contributed by atoms with van der Waals surface area (Å²) in [5.74, 6) is -0.203. The van der Waals surface area contributed by atoms with Crippen molar-refractivity contribution in [1.29, 1.82) is 5.26 Å². The first-order valence-electron chi connectivity index (χ1n) is 8.81. The third-order valence-corrected chi connectivity index (χ3v) is 4.46. The molecule has 0 saturated heterocycles. The van der Waals surface area contributed by atoms with Crippen LogP contribution in [-0.4, -0.2) is 39.1 Å². The van der Waals surface area contributed by atoms with Crippen LogP contribution in [0.2, 0.25) is 0 Å². The number of hydrogen-bond donors (Lipinski definition) is 1. The van der Waals surface area contributed by atoms with Crippen molar-refractivity contribution in [3.05, 3.63) is 65.5 Å². The lowest BCUT2D eigenvalue weighted by molar-refractivity contribution is 0.287. The highest BCUT2D eigenvalue weighted by molar-refractivity contribution is 5.46. The van der Waals surface area contributed by atoms with Crippen molar-refractivity contribution in [2.75, 3.05) is 39.1 Å². The Morgan fingerprint density at radius 1 is 1.12 bits per heavy atom. The van der Waals surface area contributed by atoms with Crippen molar-refractivity contribution < 1.29 is 4.39 Å². The molecule has 2 rings (SSSR count). The summed E-state index contributed by atoms with van der Waals surface area (Å²) in [6, 6.07) is 17.4. The molecule has 0 saturated carbocycles. The lowest BCUT2D eigenvalue weighted by Gasteiger charge is -2.25. The van der Waals surface area contributed by atoms with Gasteiger partial charge in [-0.05, 0) is 49.5 Å². The maximum Gasteiger partial charge on any atom is 0.123 e. The molecule has 26 heavy (non-hydrogen) atoms. The minimum Gasteiger partial charge on any atom is -0.374 e. The highest BCUT2D eigenvalue weighted by Crippen LogP contribution is 2.19. The summed E-state index contributed by atoms with van der Waals surface area (Å²) in [5.41, 5.74) is 3.27. The van der Waals surface area contributed by atoms with Gasteiger partial charge in [-0.2, -0.15) is 5.26 Å². The zero-order chi connectivity index (χ0) is 18.9. The van der Waals surface area contributed by atoms with Gasteiger partial charge in [0.15, 0.2) is 0 Å². The molecular weight excluding hydrogens is 327 g/mol. The van der Waals surface area contributed by atoms with E-state index in [1.807, 2.05) is 27.2 Å². The van der Waals surface area contributed by atoms with Gasteiger partial charge in [-0.25, -0.2) is 4.39 Å². The number of anilines is 1. The van der Waals surface area contributed by atoms with Crippen LogP contribution in [0.25, 0.3) is 0 Å². The number of nitrogens with zero attached hydrogens (tertiary/aromatic N) is 3. The molecule has 2 aromatic rings. The topological polar surface area (TPSA) is 42.3 Å². The van der Waals surface area contributed by atoms with Crippen molar-refractivity contribution in [2.45, 2.75) is 19.0 Å². The molecule has 0 heterocycles. The summed E-state index contributed by atoms with van der Waals surface area (Å²) in [4.78, 5) is 4.17. The van der Waals surface area contributed by atoms with E-state index in [1.165, 1.54) is 11.6 Å². The lowest BCUT2D eigenvalue weighted by Crippen LogP contribution is -2.30. The van der Waals surface area contributed by atoms with Crippen molar-refractivity contribution in [3.63, 3.8) is 0 Å². The third kappa shape index (κ3) is 5.83. The van der Waals surface area contributed by atoms with Crippen LogP contribution in [0.5, 0.6) is 0 Å². The molecule has 0 aliphatic heterocycles. The molecule has 0 aliphatic carbocycles. The van der Waals surface area contributed by atoms with Crippen LogP contribution in [0.3, 0.4) is 0 Å². The lowest BCUT2D eigenvalue weighted by atomic mass is 10.1. The average Bonchev–Trinajstić information content (AvgIpc) is 2.63. The number of benzene rings is 2. The second-order valence-corrected chi connectivity index (χ2v) is 6.66. The Balaban J connectivity index is 1.90. The molecule has 0 bridgehead atoms. The molecule has 0 fully saturated rings. The van der Waals surface area contributed by atoms with Crippen molar-refractivity contribution >= 4 is 5.69 Å². The smallest absolute Gasteiger partial charge is 0.123 e. The van der Waals surface area contributed by atoms with Crippen molar-refractivity contribution in [1.82, 2.24) is 10.2 Å². The molecule has 0 aliphatic rings. The molecule has 2 aromatic carbocycles. The standard InChI is InChI=1S/C21H27FN4/c1-25(2)21(18-6-4-7-19(22)14-18)16-24-15-17-8-10-20(11-9-17)26(3)13-5-12-23/h4,6-11,14,21,24H,5,13,15-16H2,1-3H3/t21-/m1/s1. The van der Waals surface area contributed by atoms with Crippen molar-refractivity contribution in [2.24, 2.45) is 0 Å². The SMILES string of the molecule is CN(CCC#N)c1ccc(CNC[C@H](c2cccc(F)c2)N(C)C)cc1. The number of nitriles is 1. The van der Waals surface area contributed by atoms with Crippen LogP contribution < -0.4 is 10.2 Å². The number of hydrogen-bond acceptors (Lipinski definition) is 4. The Bertz CT molecular complexity index is 722. The molecule has 5 heteroatoms. The third-order valence-electron chi connectivity index (χ3n) is 4.46. The van der Waals surface area contributed by atoms with Gasteiger partial charge in [-0.3, -0.25) is 0 Å². The number of halogens is 1. The summed E-state index contributed by atoms with van der Waals surface area (Å²) in [6.45, 7) is 2.22. The van der Waals surface area contributed by atoms with Crippen LogP contribution in [0, 0.1) is 17.1 Å². The summed E-state index contributed by atoms with van der Waals surface area (Å²) in [6.07, 6.45) is 0.520. The Morgan fingerprint density at radius 2 is 1.85 bits per heavy atom. The van der Waals surface area contributed by atoms with Gasteiger partial charge < -0.3 is 15.1 Å². The fraction of sp³-hybridized carbons (Fsp3) is 0.381. The number of nitrogens with one attached hydrogen (secondary N) is 1. The van der Waals surface area contributed by atoms with E-state index in [0.717, 1.165) is 30.9 Å². The maximum absolute atomic E-state index is 13.5. The molecule has 0 spiro atoms. The Labute approximate surface area is 155 Å². The van der Waals surface area contributed by atoms with E-state index in [-0.39, 0.29) is 11.9 Å². The van der Waals surface area contributed by atoms with Gasteiger partial charge in [0.05, 0.1) is 12.5 Å². The van der Waals surface area contributed by atoms with E-state index in [1.54, 1.807) is 12.1 Å². The first-order chi connectivity index (χ1) is 12.5. The zero-order valence-electron chi connectivity index (χ0n) is 15.7. The van der Waals surface area contributed by atoms with Crippen molar-refractivity contribution in [3.8, 4) is 6.07 Å². The van der Waals surface area contributed by atoms with E-state index < -0.39 is 0 Å². The average molecular weight is 354 g/mol. The zero-order valence-corrected chi connectivity index (χ0v) is 15.7. The second kappa shape index (κ2) is 9.91. The maximum atomic E-state index is 13.5. The highest BCUT2D eigenvalue weighted by atomic mass is 19.1. The van der Waals surface area contributed by atoms with Crippen LogP contribution in [0.1, 0.15) is 23.6 Å².